The molecule has 17 heavy (non-hydrogen) atoms. The molecular weight excluding hydrogens is 290 g/mol. The minimum Gasteiger partial charge on any atom is -0.379 e. The third-order valence-electron chi connectivity index (χ3n) is 2.93. The van der Waals surface area contributed by atoms with Crippen molar-refractivity contribution >= 4 is 21.6 Å². The fourth-order valence-electron chi connectivity index (χ4n) is 2.05. The van der Waals surface area contributed by atoms with Gasteiger partial charge in [0.2, 0.25) is 0 Å². The van der Waals surface area contributed by atoms with E-state index < -0.39 is 11.6 Å². The first-order chi connectivity index (χ1) is 8.16. The lowest BCUT2D eigenvalue weighted by Gasteiger charge is -2.19. The van der Waals surface area contributed by atoms with Crippen molar-refractivity contribution in [2.24, 2.45) is 0 Å². The molecular formula is C12H15BrF2N2. The van der Waals surface area contributed by atoms with Crippen LogP contribution in [0.5, 0.6) is 0 Å². The van der Waals surface area contributed by atoms with Crippen molar-refractivity contribution in [3.8, 4) is 0 Å². The van der Waals surface area contributed by atoms with Gasteiger partial charge in [0.1, 0.15) is 11.6 Å². The second-order valence-electron chi connectivity index (χ2n) is 4.27. The molecule has 2 nitrogen and oxygen atoms in total. The summed E-state index contributed by atoms with van der Waals surface area (Å²) in [7, 11) is 0. The fourth-order valence-corrected chi connectivity index (χ4v) is 2.57. The SMILES string of the molecule is Fc1cc(F)c(NC2CCCNCC2)c(Br)c1. The molecule has 5 heteroatoms. The van der Waals surface area contributed by atoms with Crippen molar-refractivity contribution in [3.63, 3.8) is 0 Å². The maximum absolute atomic E-state index is 13.6. The van der Waals surface area contributed by atoms with Gasteiger partial charge in [-0.25, -0.2) is 8.78 Å². The molecule has 0 aliphatic carbocycles. The van der Waals surface area contributed by atoms with E-state index in [2.05, 4.69) is 26.6 Å². The van der Waals surface area contributed by atoms with E-state index in [0.717, 1.165) is 38.4 Å². The van der Waals surface area contributed by atoms with Crippen molar-refractivity contribution in [1.82, 2.24) is 5.32 Å². The van der Waals surface area contributed by atoms with Gasteiger partial charge < -0.3 is 10.6 Å². The molecule has 1 saturated heterocycles. The van der Waals surface area contributed by atoms with Crippen molar-refractivity contribution < 1.29 is 8.78 Å². The Bertz CT molecular complexity index is 367. The number of halogens is 3. The zero-order valence-electron chi connectivity index (χ0n) is 9.40. The molecule has 1 aromatic rings. The van der Waals surface area contributed by atoms with E-state index in [9.17, 15) is 8.78 Å². The standard InChI is InChI=1S/C12H15BrF2N2/c13-10-6-8(14)7-11(15)12(10)17-9-2-1-4-16-5-3-9/h6-7,9,16-17H,1-5H2. The van der Waals surface area contributed by atoms with Crippen LogP contribution < -0.4 is 10.6 Å². The first kappa shape index (κ1) is 12.8. The number of hydrogen-bond acceptors (Lipinski definition) is 2. The van der Waals surface area contributed by atoms with Gasteiger partial charge in [0.15, 0.2) is 0 Å². The van der Waals surface area contributed by atoms with Crippen LogP contribution in [0.15, 0.2) is 16.6 Å². The quantitative estimate of drug-likeness (QED) is 0.876. The Balaban J connectivity index is 2.11. The van der Waals surface area contributed by atoms with Gasteiger partial charge in [-0.1, -0.05) is 0 Å². The van der Waals surface area contributed by atoms with Crippen LogP contribution in [-0.2, 0) is 0 Å². The van der Waals surface area contributed by atoms with Gasteiger partial charge in [0.05, 0.1) is 5.69 Å². The fraction of sp³-hybridized carbons (Fsp3) is 0.500. The monoisotopic (exact) mass is 304 g/mol. The Morgan fingerprint density at radius 1 is 1.24 bits per heavy atom. The van der Waals surface area contributed by atoms with Crippen LogP contribution in [0, 0.1) is 11.6 Å². The van der Waals surface area contributed by atoms with Gasteiger partial charge in [0.25, 0.3) is 0 Å². The normalized spacial score (nSPS) is 21.0. The summed E-state index contributed by atoms with van der Waals surface area (Å²) in [4.78, 5) is 0. The molecule has 1 fully saturated rings. The van der Waals surface area contributed by atoms with Crippen LogP contribution in [0.2, 0.25) is 0 Å². The molecule has 1 heterocycles. The van der Waals surface area contributed by atoms with Crippen LogP contribution in [0.25, 0.3) is 0 Å². The van der Waals surface area contributed by atoms with Gasteiger partial charge >= 0.3 is 0 Å². The molecule has 0 aromatic heterocycles. The Morgan fingerprint density at radius 2 is 2.06 bits per heavy atom. The number of nitrogens with one attached hydrogen (secondary N) is 2. The van der Waals surface area contributed by atoms with Gasteiger partial charge in [-0.2, -0.15) is 0 Å². The molecule has 94 valence electrons. The lowest BCUT2D eigenvalue weighted by molar-refractivity contribution is 0.575. The maximum atomic E-state index is 13.6. The molecule has 1 unspecified atom stereocenters. The molecule has 1 aromatic carbocycles. The van der Waals surface area contributed by atoms with Gasteiger partial charge in [-0.05, 0) is 54.3 Å². The van der Waals surface area contributed by atoms with Crippen LogP contribution in [0.4, 0.5) is 14.5 Å². The summed E-state index contributed by atoms with van der Waals surface area (Å²) < 4.78 is 27.0. The van der Waals surface area contributed by atoms with Crippen molar-refractivity contribution in [3.05, 3.63) is 28.2 Å². The van der Waals surface area contributed by atoms with Gasteiger partial charge in [0, 0.05) is 16.6 Å². The Kier molecular flexibility index (Phi) is 4.34. The lowest BCUT2D eigenvalue weighted by Crippen LogP contribution is -2.22. The second-order valence-corrected chi connectivity index (χ2v) is 5.12. The Hall–Kier alpha value is -0.680. The van der Waals surface area contributed by atoms with E-state index in [-0.39, 0.29) is 6.04 Å². The largest absolute Gasteiger partial charge is 0.379 e. The van der Waals surface area contributed by atoms with Crippen LogP contribution in [-0.4, -0.2) is 19.1 Å². The number of anilines is 1. The summed E-state index contributed by atoms with van der Waals surface area (Å²) in [6.45, 7) is 1.93. The highest BCUT2D eigenvalue weighted by Crippen LogP contribution is 2.28. The number of hydrogen-bond donors (Lipinski definition) is 2. The van der Waals surface area contributed by atoms with E-state index in [1.807, 2.05) is 0 Å². The highest BCUT2D eigenvalue weighted by atomic mass is 79.9. The third kappa shape index (κ3) is 3.39. The highest BCUT2D eigenvalue weighted by Gasteiger charge is 2.16. The van der Waals surface area contributed by atoms with Crippen LogP contribution in [0.3, 0.4) is 0 Å². The molecule has 2 rings (SSSR count). The summed E-state index contributed by atoms with van der Waals surface area (Å²) >= 11 is 3.19. The summed E-state index contributed by atoms with van der Waals surface area (Å²) in [6, 6.07) is 2.42. The molecule has 0 radical (unpaired) electrons. The van der Waals surface area contributed by atoms with Crippen molar-refractivity contribution in [2.75, 3.05) is 18.4 Å². The molecule has 1 aliphatic heterocycles. The molecule has 2 N–H and O–H groups in total. The smallest absolute Gasteiger partial charge is 0.150 e. The van der Waals surface area contributed by atoms with Crippen molar-refractivity contribution in [1.29, 1.82) is 0 Å². The topological polar surface area (TPSA) is 24.1 Å². The van der Waals surface area contributed by atoms with Crippen LogP contribution >= 0.6 is 15.9 Å². The summed E-state index contributed by atoms with van der Waals surface area (Å²) in [5.41, 5.74) is 0.360. The summed E-state index contributed by atoms with van der Waals surface area (Å²) in [6.07, 6.45) is 3.01. The van der Waals surface area contributed by atoms with Gasteiger partial charge in [-0.15, -0.1) is 0 Å². The van der Waals surface area contributed by atoms with E-state index in [1.165, 1.54) is 6.07 Å². The number of benzene rings is 1. The first-order valence-corrected chi connectivity index (χ1v) is 6.58. The maximum Gasteiger partial charge on any atom is 0.150 e. The lowest BCUT2D eigenvalue weighted by atomic mass is 10.1. The van der Waals surface area contributed by atoms with E-state index in [4.69, 9.17) is 0 Å². The molecule has 0 saturated carbocycles. The van der Waals surface area contributed by atoms with Crippen molar-refractivity contribution in [2.45, 2.75) is 25.3 Å². The third-order valence-corrected chi connectivity index (χ3v) is 3.56. The molecule has 0 bridgehead atoms. The minimum atomic E-state index is -0.567. The number of rotatable bonds is 2. The minimum absolute atomic E-state index is 0.237. The van der Waals surface area contributed by atoms with E-state index in [0.29, 0.717) is 10.2 Å². The zero-order valence-corrected chi connectivity index (χ0v) is 11.0. The molecule has 1 aliphatic rings. The van der Waals surface area contributed by atoms with Crippen LogP contribution in [0.1, 0.15) is 19.3 Å². The average molecular weight is 305 g/mol. The molecule has 0 spiro atoms. The van der Waals surface area contributed by atoms with E-state index in [1.54, 1.807) is 0 Å². The Morgan fingerprint density at radius 3 is 2.82 bits per heavy atom. The summed E-state index contributed by atoms with van der Waals surface area (Å²) in [5, 5.41) is 6.45. The molecule has 0 amide bonds. The zero-order chi connectivity index (χ0) is 12.3. The van der Waals surface area contributed by atoms with E-state index >= 15 is 0 Å². The second kappa shape index (κ2) is 5.78. The highest BCUT2D eigenvalue weighted by molar-refractivity contribution is 9.10. The predicted molar refractivity (Wildman–Crippen MR) is 68.2 cm³/mol. The predicted octanol–water partition coefficient (Wildman–Crippen LogP) is 3.28. The Labute approximate surface area is 108 Å². The summed E-state index contributed by atoms with van der Waals surface area (Å²) in [5.74, 6) is -1.11. The van der Waals surface area contributed by atoms with Gasteiger partial charge in [-0.3, -0.25) is 0 Å². The average Bonchev–Trinajstić information content (AvgIpc) is 2.51. The first-order valence-electron chi connectivity index (χ1n) is 5.78. The molecule has 1 atom stereocenters.